The monoisotopic (exact) mass is 450 g/mol. The molecule has 0 saturated carbocycles. The Morgan fingerprint density at radius 2 is 2.18 bits per heavy atom. The zero-order chi connectivity index (χ0) is 23.1. The average Bonchev–Trinajstić information content (AvgIpc) is 3.21. The first-order valence-corrected chi connectivity index (χ1v) is 11.0. The second-order valence-electron chi connectivity index (χ2n) is 8.41. The molecule has 170 valence electrons. The number of pyridine rings is 1. The number of carbonyl (C=O) groups is 1. The lowest BCUT2D eigenvalue weighted by molar-refractivity contribution is 0.0600. The Hall–Kier alpha value is -3.48. The van der Waals surface area contributed by atoms with Crippen molar-refractivity contribution in [2.24, 2.45) is 0 Å². The highest BCUT2D eigenvalue weighted by Gasteiger charge is 2.24. The van der Waals surface area contributed by atoms with Gasteiger partial charge in [-0.15, -0.1) is 0 Å². The Morgan fingerprint density at radius 1 is 1.33 bits per heavy atom. The fraction of sp³-hybridized carbons (Fsp3) is 0.308. The summed E-state index contributed by atoms with van der Waals surface area (Å²) in [6.45, 7) is 2.83. The number of methoxy groups -OCH3 is 1. The largest absolute Gasteiger partial charge is 0.493 e. The Kier molecular flexibility index (Phi) is 5.48. The van der Waals surface area contributed by atoms with E-state index >= 15 is 0 Å². The molecular formula is C26H24F2N2O3. The van der Waals surface area contributed by atoms with Crippen molar-refractivity contribution >= 4 is 17.0 Å². The van der Waals surface area contributed by atoms with Crippen molar-refractivity contribution in [2.45, 2.75) is 38.9 Å². The van der Waals surface area contributed by atoms with Crippen LogP contribution in [0.3, 0.4) is 0 Å². The number of nitrogens with zero attached hydrogens (tertiary/aromatic N) is 2. The Bertz CT molecular complexity index is 1320. The molecule has 1 aliphatic carbocycles. The standard InChI is InChI=1S/C26H24F2N2O3/c1-15-23(26(31)32-2)24(18-6-8-22-17(13-18)4-3-11-33-22)19-9-10-30(25(19)29-15)14-16-5-7-20(27)21(28)12-16/h5-6,8-10,12-13,20H,3-4,7,11,14H2,1-2H3. The molecule has 1 aromatic carbocycles. The number of alkyl halides is 1. The average molecular weight is 450 g/mol. The predicted octanol–water partition coefficient (Wildman–Crippen LogP) is 5.64. The Labute approximate surface area is 190 Å². The van der Waals surface area contributed by atoms with Gasteiger partial charge in [-0.25, -0.2) is 18.6 Å². The van der Waals surface area contributed by atoms with Gasteiger partial charge < -0.3 is 14.0 Å². The molecule has 0 amide bonds. The first-order valence-electron chi connectivity index (χ1n) is 11.0. The minimum atomic E-state index is -1.57. The summed E-state index contributed by atoms with van der Waals surface area (Å²) >= 11 is 0. The van der Waals surface area contributed by atoms with Crippen LogP contribution in [0.2, 0.25) is 0 Å². The summed E-state index contributed by atoms with van der Waals surface area (Å²) in [5.41, 5.74) is 5.05. The van der Waals surface area contributed by atoms with Crippen LogP contribution in [0.4, 0.5) is 8.78 Å². The van der Waals surface area contributed by atoms with Gasteiger partial charge in [0.1, 0.15) is 17.2 Å². The number of hydrogen-bond acceptors (Lipinski definition) is 4. The predicted molar refractivity (Wildman–Crippen MR) is 122 cm³/mol. The summed E-state index contributed by atoms with van der Waals surface area (Å²) in [4.78, 5) is 17.5. The number of halogens is 2. The smallest absolute Gasteiger partial charge is 0.340 e. The molecule has 0 spiro atoms. The van der Waals surface area contributed by atoms with Crippen LogP contribution in [0, 0.1) is 6.92 Å². The first kappa shape index (κ1) is 21.4. The molecule has 3 heterocycles. The Morgan fingerprint density at radius 3 is 2.97 bits per heavy atom. The molecule has 33 heavy (non-hydrogen) atoms. The number of carbonyl (C=O) groups excluding carboxylic acids is 1. The van der Waals surface area contributed by atoms with Crippen LogP contribution in [0.5, 0.6) is 5.75 Å². The quantitative estimate of drug-likeness (QED) is 0.483. The molecule has 2 aliphatic rings. The van der Waals surface area contributed by atoms with Crippen LogP contribution >= 0.6 is 0 Å². The van der Waals surface area contributed by atoms with Gasteiger partial charge in [0.25, 0.3) is 0 Å². The zero-order valence-corrected chi connectivity index (χ0v) is 18.5. The molecule has 1 unspecified atom stereocenters. The van der Waals surface area contributed by atoms with E-state index < -0.39 is 18.0 Å². The van der Waals surface area contributed by atoms with Crippen molar-refractivity contribution < 1.29 is 23.0 Å². The summed E-state index contributed by atoms with van der Waals surface area (Å²) in [7, 11) is 1.36. The number of hydrogen-bond donors (Lipinski definition) is 0. The van der Waals surface area contributed by atoms with Crippen LogP contribution < -0.4 is 4.74 Å². The summed E-state index contributed by atoms with van der Waals surface area (Å²) in [5.74, 6) is -0.334. The summed E-state index contributed by atoms with van der Waals surface area (Å²) < 4.78 is 40.0. The molecule has 2 aromatic heterocycles. The fourth-order valence-electron chi connectivity index (χ4n) is 4.61. The van der Waals surface area contributed by atoms with Crippen LogP contribution in [0.25, 0.3) is 22.2 Å². The molecule has 0 bridgehead atoms. The third kappa shape index (κ3) is 3.81. The number of esters is 1. The number of fused-ring (bicyclic) bond motifs is 2. The molecule has 0 fully saturated rings. The van der Waals surface area contributed by atoms with E-state index in [0.717, 1.165) is 40.7 Å². The normalized spacial score (nSPS) is 17.8. The van der Waals surface area contributed by atoms with Gasteiger partial charge in [0, 0.05) is 30.1 Å². The van der Waals surface area contributed by atoms with Crippen molar-refractivity contribution in [1.29, 1.82) is 0 Å². The maximum Gasteiger partial charge on any atom is 0.340 e. The molecule has 7 heteroatoms. The molecule has 3 aromatic rings. The lowest BCUT2D eigenvalue weighted by Crippen LogP contribution is -2.11. The molecule has 1 aliphatic heterocycles. The van der Waals surface area contributed by atoms with Crippen molar-refractivity contribution in [3.8, 4) is 16.9 Å². The van der Waals surface area contributed by atoms with Crippen molar-refractivity contribution in [3.05, 3.63) is 70.8 Å². The van der Waals surface area contributed by atoms with Gasteiger partial charge in [0.2, 0.25) is 0 Å². The lowest BCUT2D eigenvalue weighted by atomic mass is 9.93. The van der Waals surface area contributed by atoms with Crippen molar-refractivity contribution in [3.63, 3.8) is 0 Å². The number of aromatic nitrogens is 2. The van der Waals surface area contributed by atoms with Gasteiger partial charge in [-0.05, 0) is 60.7 Å². The third-order valence-electron chi connectivity index (χ3n) is 6.24. The van der Waals surface area contributed by atoms with E-state index in [1.807, 2.05) is 29.0 Å². The van der Waals surface area contributed by atoms with E-state index in [-0.39, 0.29) is 6.42 Å². The van der Waals surface area contributed by atoms with E-state index in [9.17, 15) is 13.6 Å². The molecule has 0 radical (unpaired) electrons. The minimum Gasteiger partial charge on any atom is -0.493 e. The van der Waals surface area contributed by atoms with Gasteiger partial charge in [-0.1, -0.05) is 12.1 Å². The summed E-state index contributed by atoms with van der Waals surface area (Å²) in [5, 5.41) is 0.793. The number of aryl methyl sites for hydroxylation is 2. The first-order chi connectivity index (χ1) is 16.0. The number of rotatable bonds is 4. The van der Waals surface area contributed by atoms with Crippen LogP contribution in [-0.2, 0) is 17.7 Å². The highest BCUT2D eigenvalue weighted by Crippen LogP contribution is 2.37. The molecule has 1 atom stereocenters. The second-order valence-corrected chi connectivity index (χ2v) is 8.41. The highest BCUT2D eigenvalue weighted by atomic mass is 19.2. The number of ether oxygens (including phenoxy) is 2. The van der Waals surface area contributed by atoms with E-state index in [2.05, 4.69) is 6.07 Å². The van der Waals surface area contributed by atoms with Gasteiger partial charge in [-0.3, -0.25) is 0 Å². The molecule has 5 rings (SSSR count). The lowest BCUT2D eigenvalue weighted by Gasteiger charge is -2.19. The van der Waals surface area contributed by atoms with Crippen molar-refractivity contribution in [2.75, 3.05) is 13.7 Å². The minimum absolute atomic E-state index is 0.0261. The molecule has 0 N–H and O–H groups in total. The van der Waals surface area contributed by atoms with E-state index in [1.54, 1.807) is 13.0 Å². The fourth-order valence-corrected chi connectivity index (χ4v) is 4.61. The zero-order valence-electron chi connectivity index (χ0n) is 18.5. The van der Waals surface area contributed by atoms with E-state index in [0.29, 0.717) is 35.6 Å². The molecule has 0 saturated heterocycles. The van der Waals surface area contributed by atoms with Gasteiger partial charge in [0.15, 0.2) is 6.17 Å². The van der Waals surface area contributed by atoms with Gasteiger partial charge >= 0.3 is 5.97 Å². The summed E-state index contributed by atoms with van der Waals surface area (Å²) in [6, 6.07) is 7.86. The van der Waals surface area contributed by atoms with Crippen molar-refractivity contribution in [1.82, 2.24) is 9.55 Å². The van der Waals surface area contributed by atoms with E-state index in [1.165, 1.54) is 13.2 Å². The van der Waals surface area contributed by atoms with Crippen LogP contribution in [0.1, 0.15) is 34.5 Å². The third-order valence-corrected chi connectivity index (χ3v) is 6.24. The number of benzene rings is 1. The maximum absolute atomic E-state index is 13.8. The van der Waals surface area contributed by atoms with E-state index in [4.69, 9.17) is 14.5 Å². The van der Waals surface area contributed by atoms with Crippen LogP contribution in [0.15, 0.2) is 54.0 Å². The molecular weight excluding hydrogens is 426 g/mol. The number of allylic oxidation sites excluding steroid dienone is 4. The highest BCUT2D eigenvalue weighted by molar-refractivity contribution is 6.07. The summed E-state index contributed by atoms with van der Waals surface area (Å²) in [6.07, 6.45) is 5.13. The second kappa shape index (κ2) is 8.46. The SMILES string of the molecule is COC(=O)c1c(C)nc2c(ccn2CC2=CCC(F)C(F)=C2)c1-c1ccc2c(c1)CCCO2. The Balaban J connectivity index is 1.66. The van der Waals surface area contributed by atoms with Crippen LogP contribution in [-0.4, -0.2) is 35.4 Å². The van der Waals surface area contributed by atoms with Gasteiger partial charge in [-0.2, -0.15) is 0 Å². The van der Waals surface area contributed by atoms with Gasteiger partial charge in [0.05, 0.1) is 25.0 Å². The maximum atomic E-state index is 13.8. The molecule has 5 nitrogen and oxygen atoms in total. The topological polar surface area (TPSA) is 53.3 Å².